The molecule has 2 aromatic carbocycles. The molecule has 5 rings (SSSR count). The Morgan fingerprint density at radius 2 is 1.79 bits per heavy atom. The third-order valence-corrected chi connectivity index (χ3v) is 7.38. The number of hydrogen-bond acceptors (Lipinski definition) is 4. The van der Waals surface area contributed by atoms with Crippen molar-refractivity contribution in [3.05, 3.63) is 52.2 Å². The van der Waals surface area contributed by atoms with Crippen molar-refractivity contribution in [2.75, 3.05) is 26.7 Å². The number of amidine groups is 1. The molecule has 0 spiro atoms. The summed E-state index contributed by atoms with van der Waals surface area (Å²) < 4.78 is 9.99. The Morgan fingerprint density at radius 3 is 2.66 bits per heavy atom. The van der Waals surface area contributed by atoms with Gasteiger partial charge in [0, 0.05) is 33.0 Å². The quantitative estimate of drug-likeness (QED) is 0.469. The van der Waals surface area contributed by atoms with Crippen molar-refractivity contribution in [1.82, 2.24) is 4.90 Å². The van der Waals surface area contributed by atoms with Gasteiger partial charge in [-0.2, -0.15) is 0 Å². The van der Waals surface area contributed by atoms with Gasteiger partial charge in [-0.3, -0.25) is 14.3 Å². The van der Waals surface area contributed by atoms with Gasteiger partial charge in [0.2, 0.25) is 5.84 Å². The van der Waals surface area contributed by atoms with Gasteiger partial charge in [0.1, 0.15) is 12.3 Å². The van der Waals surface area contributed by atoms with Crippen LogP contribution in [0.15, 0.2) is 41.2 Å². The summed E-state index contributed by atoms with van der Waals surface area (Å²) in [5.41, 5.74) is 1.33. The van der Waals surface area contributed by atoms with Crippen LogP contribution in [0.3, 0.4) is 0 Å². The molecule has 0 aliphatic carbocycles. The molecule has 150 valence electrons. The largest absolute Gasteiger partial charge is 0.497 e. The van der Waals surface area contributed by atoms with Gasteiger partial charge >= 0.3 is 0 Å². The summed E-state index contributed by atoms with van der Waals surface area (Å²) in [6.07, 6.45) is 6.34. The Bertz CT molecular complexity index is 1160. The number of hydrogen-bond donors (Lipinski definition) is 0. The van der Waals surface area contributed by atoms with Crippen LogP contribution >= 0.6 is 11.3 Å². The van der Waals surface area contributed by atoms with Crippen molar-refractivity contribution in [1.29, 1.82) is 0 Å². The number of fused-ring (bicyclic) bond motifs is 2. The molecule has 0 amide bonds. The molecular formula is C24H27N2O2S+. The first-order valence-electron chi connectivity index (χ1n) is 10.6. The minimum absolute atomic E-state index is 0.108. The lowest BCUT2D eigenvalue weighted by Crippen LogP contribution is -2.43. The lowest BCUT2D eigenvalue weighted by Gasteiger charge is -2.26. The molecule has 2 aliphatic rings. The number of methoxy groups -OCH3 is 1. The van der Waals surface area contributed by atoms with Gasteiger partial charge in [0.15, 0.2) is 5.43 Å². The van der Waals surface area contributed by atoms with Crippen molar-refractivity contribution in [2.45, 2.75) is 38.6 Å². The zero-order valence-electron chi connectivity index (χ0n) is 16.9. The minimum Gasteiger partial charge on any atom is -0.497 e. The van der Waals surface area contributed by atoms with E-state index < -0.39 is 0 Å². The highest BCUT2D eigenvalue weighted by Gasteiger charge is 2.28. The number of rotatable bonds is 3. The van der Waals surface area contributed by atoms with E-state index in [1.165, 1.54) is 56.6 Å². The molecule has 0 fully saturated rings. The summed E-state index contributed by atoms with van der Waals surface area (Å²) in [5.74, 6) is 2.25. The molecule has 4 nitrogen and oxygen atoms in total. The zero-order valence-corrected chi connectivity index (χ0v) is 17.8. The maximum absolute atomic E-state index is 13.2. The normalized spacial score (nSPS) is 17.5. The summed E-state index contributed by atoms with van der Waals surface area (Å²) in [6.45, 7) is 4.40. The third-order valence-electron chi connectivity index (χ3n) is 6.23. The molecule has 3 aromatic rings. The summed E-state index contributed by atoms with van der Waals surface area (Å²) in [5, 5.41) is 1.58. The zero-order chi connectivity index (χ0) is 19.8. The van der Waals surface area contributed by atoms with Crippen LogP contribution in [0.4, 0.5) is 0 Å². The number of ether oxygens (including phenoxy) is 1. The molecule has 0 saturated heterocycles. The summed E-state index contributed by atoms with van der Waals surface area (Å²) in [6, 6.07) is 12.2. The van der Waals surface area contributed by atoms with E-state index in [2.05, 4.69) is 27.7 Å². The second-order valence-corrected chi connectivity index (χ2v) is 9.20. The molecule has 2 aliphatic heterocycles. The molecule has 0 N–H and O–H groups in total. The van der Waals surface area contributed by atoms with Crippen molar-refractivity contribution in [3.63, 3.8) is 0 Å². The number of benzene rings is 2. The SMILES string of the molecule is COc1ccc2sc3ccc(CN4CCC[N+]5=C4CCCCC5)cc3c(=O)c2c1. The van der Waals surface area contributed by atoms with Crippen LogP contribution in [-0.4, -0.2) is 42.1 Å². The predicted octanol–water partition coefficient (Wildman–Crippen LogP) is 4.61. The van der Waals surface area contributed by atoms with Gasteiger partial charge in [-0.05, 0) is 55.2 Å². The topological polar surface area (TPSA) is 32.5 Å². The van der Waals surface area contributed by atoms with E-state index in [0.717, 1.165) is 39.0 Å². The highest BCUT2D eigenvalue weighted by Crippen LogP contribution is 2.28. The van der Waals surface area contributed by atoms with E-state index in [-0.39, 0.29) is 5.43 Å². The van der Waals surface area contributed by atoms with Gasteiger partial charge < -0.3 is 4.74 Å². The van der Waals surface area contributed by atoms with Crippen LogP contribution in [0, 0.1) is 0 Å². The molecule has 0 saturated carbocycles. The molecule has 3 heterocycles. The maximum Gasteiger partial charge on any atom is 0.247 e. The Labute approximate surface area is 175 Å². The smallest absolute Gasteiger partial charge is 0.247 e. The molecule has 5 heteroatoms. The van der Waals surface area contributed by atoms with Gasteiger partial charge in [-0.25, -0.2) is 0 Å². The molecular weight excluding hydrogens is 380 g/mol. The molecule has 0 unspecified atom stereocenters. The second kappa shape index (κ2) is 7.79. The van der Waals surface area contributed by atoms with Crippen LogP contribution in [0.25, 0.3) is 20.2 Å². The van der Waals surface area contributed by atoms with Gasteiger partial charge in [-0.1, -0.05) is 6.07 Å². The average molecular weight is 408 g/mol. The Balaban J connectivity index is 1.53. The highest BCUT2D eigenvalue weighted by molar-refractivity contribution is 7.24. The van der Waals surface area contributed by atoms with Crippen LogP contribution in [0.5, 0.6) is 5.75 Å². The number of nitrogens with zero attached hydrogens (tertiary/aromatic N) is 2. The molecule has 1 aromatic heterocycles. The predicted molar refractivity (Wildman–Crippen MR) is 121 cm³/mol. The molecule has 29 heavy (non-hydrogen) atoms. The van der Waals surface area contributed by atoms with Crippen LogP contribution in [0.2, 0.25) is 0 Å². The van der Waals surface area contributed by atoms with Crippen LogP contribution in [0.1, 0.15) is 37.7 Å². The minimum atomic E-state index is 0.108. The third kappa shape index (κ3) is 3.52. The first-order valence-corrected chi connectivity index (χ1v) is 11.4. The lowest BCUT2D eigenvalue weighted by molar-refractivity contribution is -0.539. The summed E-state index contributed by atoms with van der Waals surface area (Å²) in [4.78, 5) is 15.7. The molecule has 0 bridgehead atoms. The lowest BCUT2D eigenvalue weighted by atomic mass is 10.1. The van der Waals surface area contributed by atoms with Crippen LogP contribution < -0.4 is 10.2 Å². The van der Waals surface area contributed by atoms with E-state index in [1.807, 2.05) is 18.2 Å². The first kappa shape index (κ1) is 18.6. The summed E-state index contributed by atoms with van der Waals surface area (Å²) in [7, 11) is 1.64. The standard InChI is InChI=1S/C24H27N2O2S/c1-28-18-8-10-22-20(15-18)24(27)19-14-17(7-9-21(19)29-22)16-26-13-5-12-25-11-4-2-3-6-23(25)26/h7-10,14-15H,2-6,11-13,16H2,1H3/q+1. The van der Waals surface area contributed by atoms with E-state index in [0.29, 0.717) is 0 Å². The fraction of sp³-hybridized carbons (Fsp3) is 0.417. The second-order valence-electron chi connectivity index (χ2n) is 8.11. The Kier molecular flexibility index (Phi) is 5.00. The highest BCUT2D eigenvalue weighted by atomic mass is 32.1. The fourth-order valence-electron chi connectivity index (χ4n) is 4.73. The Hall–Kier alpha value is -2.40. The fourth-order valence-corrected chi connectivity index (χ4v) is 5.76. The first-order chi connectivity index (χ1) is 14.2. The average Bonchev–Trinajstić information content (AvgIpc) is 3.00. The maximum atomic E-state index is 13.2. The van der Waals surface area contributed by atoms with Crippen LogP contribution in [-0.2, 0) is 6.54 Å². The van der Waals surface area contributed by atoms with Gasteiger partial charge in [0.05, 0.1) is 26.7 Å². The van der Waals surface area contributed by atoms with Crippen molar-refractivity contribution < 1.29 is 9.31 Å². The van der Waals surface area contributed by atoms with Crippen molar-refractivity contribution in [2.24, 2.45) is 0 Å². The van der Waals surface area contributed by atoms with E-state index >= 15 is 0 Å². The van der Waals surface area contributed by atoms with Crippen molar-refractivity contribution in [3.8, 4) is 5.75 Å². The summed E-state index contributed by atoms with van der Waals surface area (Å²) >= 11 is 1.68. The monoisotopic (exact) mass is 407 g/mol. The van der Waals surface area contributed by atoms with E-state index in [1.54, 1.807) is 18.4 Å². The van der Waals surface area contributed by atoms with Gasteiger partial charge in [-0.15, -0.1) is 11.3 Å². The van der Waals surface area contributed by atoms with Crippen molar-refractivity contribution >= 4 is 37.3 Å². The molecule has 0 radical (unpaired) electrons. The van der Waals surface area contributed by atoms with E-state index in [4.69, 9.17) is 4.74 Å². The van der Waals surface area contributed by atoms with Gasteiger partial charge in [0.25, 0.3) is 0 Å². The Morgan fingerprint density at radius 1 is 1.00 bits per heavy atom. The van der Waals surface area contributed by atoms with E-state index in [9.17, 15) is 4.79 Å². The molecule has 0 atom stereocenters.